The highest BCUT2D eigenvalue weighted by Gasteiger charge is 2.05. The van der Waals surface area contributed by atoms with Crippen LogP contribution in [0.5, 0.6) is 0 Å². The number of nitrogens with one attached hydrogen (secondary N) is 1. The Morgan fingerprint density at radius 2 is 2.12 bits per heavy atom. The Morgan fingerprint density at radius 1 is 1.50 bits per heavy atom. The molecule has 0 saturated carbocycles. The van der Waals surface area contributed by atoms with Crippen molar-refractivity contribution in [3.63, 3.8) is 0 Å². The Morgan fingerprint density at radius 3 is 2.25 bits per heavy atom. The van der Waals surface area contributed by atoms with E-state index < -0.39 is 0 Å². The number of amides is 1. The Bertz CT molecular complexity index is 78.1. The predicted molar refractivity (Wildman–Crippen MR) is 30.4 cm³/mol. The first kappa shape index (κ1) is 7.49. The zero-order valence-corrected chi connectivity index (χ0v) is 5.16. The van der Waals surface area contributed by atoms with Gasteiger partial charge in [0.2, 0.25) is 5.91 Å². The van der Waals surface area contributed by atoms with Gasteiger partial charge in [0.1, 0.15) is 0 Å². The van der Waals surface area contributed by atoms with E-state index in [1.807, 2.05) is 0 Å². The summed E-state index contributed by atoms with van der Waals surface area (Å²) in [6.07, 6.45) is 1.76. The third kappa shape index (κ3) is 2.63. The molecule has 1 heterocycles. The highest BCUT2D eigenvalue weighted by Crippen LogP contribution is 1.93. The molecule has 8 heavy (non-hydrogen) atoms. The fourth-order valence-electron chi connectivity index (χ4n) is 0.565. The molecule has 0 radical (unpaired) electrons. The third-order valence-electron chi connectivity index (χ3n) is 0.903. The van der Waals surface area contributed by atoms with Gasteiger partial charge in [-0.25, -0.2) is 0 Å². The van der Waals surface area contributed by atoms with Gasteiger partial charge < -0.3 is 5.32 Å². The van der Waals surface area contributed by atoms with Crippen molar-refractivity contribution >= 4 is 18.4 Å². The van der Waals surface area contributed by atoms with E-state index in [-0.39, 0.29) is 5.91 Å². The quantitative estimate of drug-likeness (QED) is 0.487. The van der Waals surface area contributed by atoms with Crippen LogP contribution in [-0.2, 0) is 17.3 Å². The van der Waals surface area contributed by atoms with Crippen molar-refractivity contribution in [1.82, 2.24) is 5.32 Å². The maximum atomic E-state index is 10.1. The molecule has 1 N–H and O–H groups in total. The molecule has 0 spiro atoms. The van der Waals surface area contributed by atoms with Gasteiger partial charge in [0.15, 0.2) is 12.5 Å². The number of hydrogen-bond donors (Lipinski definition) is 1. The van der Waals surface area contributed by atoms with Crippen molar-refractivity contribution in [2.45, 2.75) is 12.8 Å². The second-order valence-electron chi connectivity index (χ2n) is 1.45. The molecule has 3 nitrogen and oxygen atoms in total. The molecule has 1 fully saturated rings. The fourth-order valence-corrected chi connectivity index (χ4v) is 0.565. The maximum absolute atomic E-state index is 10.1. The lowest BCUT2D eigenvalue weighted by atomic mass is 10.4. The molecule has 0 aromatic heterocycles. The van der Waals surface area contributed by atoms with Gasteiger partial charge in [0.05, 0.1) is 0 Å². The van der Waals surface area contributed by atoms with Crippen molar-refractivity contribution < 1.29 is 9.00 Å². The molecule has 0 bridgehead atoms. The Balaban J connectivity index is 0.000000222. The Kier molecular flexibility index (Phi) is 4.35. The van der Waals surface area contributed by atoms with Crippen molar-refractivity contribution in [2.24, 2.45) is 0 Å². The first-order valence-electron chi connectivity index (χ1n) is 2.33. The van der Waals surface area contributed by atoms with Gasteiger partial charge in [-0.15, -0.1) is 0 Å². The van der Waals surface area contributed by atoms with E-state index >= 15 is 0 Å². The van der Waals surface area contributed by atoms with Gasteiger partial charge in [-0.3, -0.25) is 4.79 Å². The lowest BCUT2D eigenvalue weighted by Gasteiger charge is -1.80. The van der Waals surface area contributed by atoms with Crippen LogP contribution in [0.4, 0.5) is 0 Å². The summed E-state index contributed by atoms with van der Waals surface area (Å²) in [5, 5.41) is 2.68. The highest BCUT2D eigenvalue weighted by atomic mass is 32.1. The topological polar surface area (TPSA) is 46.2 Å². The van der Waals surface area contributed by atoms with Gasteiger partial charge in [0, 0.05) is 13.0 Å². The van der Waals surface area contributed by atoms with Crippen molar-refractivity contribution in [2.75, 3.05) is 6.54 Å². The molecule has 4 heteroatoms. The monoisotopic (exact) mass is 133 g/mol. The average molecular weight is 133 g/mol. The summed E-state index contributed by atoms with van der Waals surface area (Å²) in [5.41, 5.74) is 0. The predicted octanol–water partition coefficient (Wildman–Crippen LogP) is -0.440. The third-order valence-corrected chi connectivity index (χ3v) is 0.903. The molecule has 0 aliphatic carbocycles. The summed E-state index contributed by atoms with van der Waals surface area (Å²) in [7, 11) is 0. The zero-order valence-electron chi connectivity index (χ0n) is 4.35. The molecule has 0 aromatic carbocycles. The molecule has 0 aromatic rings. The minimum Gasteiger partial charge on any atom is -0.356 e. The summed E-state index contributed by atoms with van der Waals surface area (Å²) in [6, 6.07) is 0. The molecule has 1 saturated heterocycles. The first-order valence-corrected chi connectivity index (χ1v) is 2.66. The fraction of sp³-hybridized carbons (Fsp3) is 0.750. The molecule has 1 aliphatic rings. The molecular formula is C4H7NO2S. The molecule has 1 aliphatic heterocycles. The minimum absolute atomic E-state index is 0.204. The van der Waals surface area contributed by atoms with Gasteiger partial charge in [-0.2, -0.15) is 4.21 Å². The normalized spacial score (nSPS) is 16.2. The van der Waals surface area contributed by atoms with Crippen LogP contribution in [-0.4, -0.2) is 16.7 Å². The molecule has 1 rings (SSSR count). The summed E-state index contributed by atoms with van der Waals surface area (Å²) in [5.74, 6) is 0.204. The summed E-state index contributed by atoms with van der Waals surface area (Å²) in [6.45, 7) is 0.888. The van der Waals surface area contributed by atoms with Gasteiger partial charge >= 0.3 is 0 Å². The number of carbonyl (C=O) groups excluding carboxylic acids is 1. The van der Waals surface area contributed by atoms with Crippen LogP contribution in [0.1, 0.15) is 12.8 Å². The van der Waals surface area contributed by atoms with Crippen molar-refractivity contribution in [1.29, 1.82) is 0 Å². The number of carbonyl (C=O) groups is 1. The summed E-state index contributed by atoms with van der Waals surface area (Å²) >= 11 is 2.83. The van der Waals surface area contributed by atoms with Crippen LogP contribution in [0.25, 0.3) is 0 Å². The molecular weight excluding hydrogens is 126 g/mol. The van der Waals surface area contributed by atoms with Crippen molar-refractivity contribution in [3.8, 4) is 0 Å². The van der Waals surface area contributed by atoms with E-state index in [0.717, 1.165) is 19.4 Å². The van der Waals surface area contributed by atoms with E-state index in [1.165, 1.54) is 0 Å². The maximum Gasteiger partial charge on any atom is 0.220 e. The second-order valence-corrected chi connectivity index (χ2v) is 1.45. The van der Waals surface area contributed by atoms with Crippen LogP contribution in [0.2, 0.25) is 0 Å². The molecule has 0 atom stereocenters. The Hall–Kier alpha value is -0.510. The van der Waals surface area contributed by atoms with Gasteiger partial charge in [-0.05, 0) is 6.42 Å². The summed E-state index contributed by atoms with van der Waals surface area (Å²) in [4.78, 5) is 10.1. The number of rotatable bonds is 0. The second kappa shape index (κ2) is 4.64. The van der Waals surface area contributed by atoms with Crippen LogP contribution in [0.15, 0.2) is 0 Å². The molecule has 46 valence electrons. The SMILES string of the molecule is O=C1CCCN1.O=S. The van der Waals surface area contributed by atoms with Crippen LogP contribution < -0.4 is 5.32 Å². The van der Waals surface area contributed by atoms with E-state index in [1.54, 1.807) is 0 Å². The lowest BCUT2D eigenvalue weighted by molar-refractivity contribution is -0.119. The number of hydrogen-bond acceptors (Lipinski definition) is 3. The minimum atomic E-state index is 0.204. The van der Waals surface area contributed by atoms with Gasteiger partial charge in [0.25, 0.3) is 0 Å². The summed E-state index contributed by atoms with van der Waals surface area (Å²) < 4.78 is 7.83. The van der Waals surface area contributed by atoms with E-state index in [4.69, 9.17) is 4.21 Å². The van der Waals surface area contributed by atoms with Crippen LogP contribution >= 0.6 is 0 Å². The smallest absolute Gasteiger partial charge is 0.220 e. The van der Waals surface area contributed by atoms with Crippen LogP contribution in [0, 0.1) is 0 Å². The van der Waals surface area contributed by atoms with E-state index in [9.17, 15) is 4.79 Å². The van der Waals surface area contributed by atoms with E-state index in [0.29, 0.717) is 0 Å². The van der Waals surface area contributed by atoms with Crippen molar-refractivity contribution in [3.05, 3.63) is 0 Å². The Labute approximate surface area is 53.0 Å². The molecule has 0 unspecified atom stereocenters. The van der Waals surface area contributed by atoms with Crippen LogP contribution in [0.3, 0.4) is 0 Å². The largest absolute Gasteiger partial charge is 0.356 e. The first-order chi connectivity index (χ1) is 3.89. The van der Waals surface area contributed by atoms with Gasteiger partial charge in [-0.1, -0.05) is 0 Å². The average Bonchev–Trinajstić information content (AvgIpc) is 2.24. The zero-order chi connectivity index (χ0) is 6.41. The molecule has 1 amide bonds. The van der Waals surface area contributed by atoms with E-state index in [2.05, 4.69) is 17.9 Å². The standard InChI is InChI=1S/C4H7NO.OS/c6-4-2-1-3-5-4;1-2/h1-3H2,(H,5,6);. The lowest BCUT2D eigenvalue weighted by Crippen LogP contribution is -2.12. The highest BCUT2D eigenvalue weighted by molar-refractivity contribution is 7.44.